The maximum absolute atomic E-state index is 13.6. The van der Waals surface area contributed by atoms with Gasteiger partial charge >= 0.3 is 5.97 Å². The lowest BCUT2D eigenvalue weighted by Crippen LogP contribution is -2.52. The number of sulfonamides is 1. The number of aliphatic carboxylic acids is 1. The van der Waals surface area contributed by atoms with E-state index in [-0.39, 0.29) is 19.8 Å². The number of carboxylic acids is 1. The third kappa shape index (κ3) is 2.51. The number of hydrogen-bond donors (Lipinski definition) is 1. The van der Waals surface area contributed by atoms with Gasteiger partial charge in [0.25, 0.3) is 0 Å². The van der Waals surface area contributed by atoms with Gasteiger partial charge in [0.05, 0.1) is 13.2 Å². The fourth-order valence-corrected chi connectivity index (χ4v) is 3.51. The van der Waals surface area contributed by atoms with Crippen LogP contribution in [-0.4, -0.2) is 49.6 Å². The summed E-state index contributed by atoms with van der Waals surface area (Å²) in [6.07, 6.45) is 0. The minimum Gasteiger partial charge on any atom is -0.480 e. The van der Waals surface area contributed by atoms with Crippen molar-refractivity contribution >= 4 is 16.0 Å². The number of carboxylic acid groups (broad SMARTS) is 1. The number of morpholine rings is 1. The topological polar surface area (TPSA) is 83.9 Å². The van der Waals surface area contributed by atoms with E-state index >= 15 is 0 Å². The Morgan fingerprint density at radius 1 is 1.40 bits per heavy atom. The van der Waals surface area contributed by atoms with E-state index < -0.39 is 38.6 Å². The van der Waals surface area contributed by atoms with Crippen LogP contribution in [0.4, 0.5) is 8.78 Å². The Morgan fingerprint density at radius 3 is 2.75 bits per heavy atom. The molecule has 20 heavy (non-hydrogen) atoms. The summed E-state index contributed by atoms with van der Waals surface area (Å²) in [6, 6.07) is 1.25. The van der Waals surface area contributed by atoms with E-state index in [4.69, 9.17) is 9.84 Å². The molecule has 6 nitrogen and oxygen atoms in total. The summed E-state index contributed by atoms with van der Waals surface area (Å²) >= 11 is 0. The molecule has 1 aromatic rings. The van der Waals surface area contributed by atoms with Crippen molar-refractivity contribution in [3.8, 4) is 0 Å². The number of rotatable bonds is 3. The zero-order valence-electron chi connectivity index (χ0n) is 10.1. The minimum absolute atomic E-state index is 0.0139. The monoisotopic (exact) mass is 307 g/mol. The highest BCUT2D eigenvalue weighted by molar-refractivity contribution is 7.89. The second kappa shape index (κ2) is 5.43. The molecule has 0 aliphatic carbocycles. The van der Waals surface area contributed by atoms with Gasteiger partial charge in [-0.05, 0) is 12.1 Å². The summed E-state index contributed by atoms with van der Waals surface area (Å²) in [4.78, 5) is 10.2. The second-order valence-corrected chi connectivity index (χ2v) is 5.96. The number of benzene rings is 1. The molecule has 1 heterocycles. The van der Waals surface area contributed by atoms with Crippen molar-refractivity contribution in [2.75, 3.05) is 19.8 Å². The molecule has 110 valence electrons. The number of carbonyl (C=O) groups is 1. The molecule has 0 saturated carbocycles. The molecule has 1 fully saturated rings. The van der Waals surface area contributed by atoms with Crippen LogP contribution < -0.4 is 0 Å². The van der Waals surface area contributed by atoms with Crippen molar-refractivity contribution in [2.45, 2.75) is 10.9 Å². The van der Waals surface area contributed by atoms with Crippen LogP contribution in [0.2, 0.25) is 0 Å². The number of halogens is 2. The predicted octanol–water partition coefficient (Wildman–Crippen LogP) is 0.439. The first kappa shape index (κ1) is 14.8. The molecule has 1 unspecified atom stereocenters. The van der Waals surface area contributed by atoms with Crippen LogP contribution in [0.1, 0.15) is 0 Å². The van der Waals surface area contributed by atoms with Gasteiger partial charge in [0.1, 0.15) is 10.9 Å². The van der Waals surface area contributed by atoms with E-state index in [2.05, 4.69) is 0 Å². The molecule has 1 aromatic carbocycles. The lowest BCUT2D eigenvalue weighted by atomic mass is 10.3. The predicted molar refractivity (Wildman–Crippen MR) is 62.5 cm³/mol. The zero-order chi connectivity index (χ0) is 14.9. The van der Waals surface area contributed by atoms with Gasteiger partial charge in [-0.15, -0.1) is 0 Å². The average molecular weight is 307 g/mol. The molecule has 0 radical (unpaired) electrons. The van der Waals surface area contributed by atoms with Crippen molar-refractivity contribution < 1.29 is 31.8 Å². The van der Waals surface area contributed by atoms with E-state index in [0.29, 0.717) is 4.31 Å². The smallest absolute Gasteiger partial charge is 0.324 e. The lowest BCUT2D eigenvalue weighted by Gasteiger charge is -2.31. The van der Waals surface area contributed by atoms with Crippen LogP contribution in [0.5, 0.6) is 0 Å². The molecule has 0 spiro atoms. The Bertz CT molecular complexity index is 634. The van der Waals surface area contributed by atoms with Gasteiger partial charge in [0, 0.05) is 6.54 Å². The first-order valence-corrected chi connectivity index (χ1v) is 7.06. The van der Waals surface area contributed by atoms with E-state index in [0.717, 1.165) is 18.2 Å². The summed E-state index contributed by atoms with van der Waals surface area (Å²) in [5.41, 5.74) is 0. The minimum atomic E-state index is -4.45. The summed E-state index contributed by atoms with van der Waals surface area (Å²) in [7, 11) is -4.45. The Balaban J connectivity index is 2.48. The molecule has 0 bridgehead atoms. The molecule has 1 atom stereocenters. The van der Waals surface area contributed by atoms with E-state index in [1.165, 1.54) is 0 Å². The maximum atomic E-state index is 13.6. The van der Waals surface area contributed by atoms with Crippen molar-refractivity contribution in [1.82, 2.24) is 4.31 Å². The van der Waals surface area contributed by atoms with Crippen molar-refractivity contribution in [3.63, 3.8) is 0 Å². The Kier molecular flexibility index (Phi) is 4.02. The van der Waals surface area contributed by atoms with Gasteiger partial charge in [-0.2, -0.15) is 4.31 Å². The molecule has 2 rings (SSSR count). The summed E-state index contributed by atoms with van der Waals surface area (Å²) in [5.74, 6) is -4.25. The fourth-order valence-electron chi connectivity index (χ4n) is 1.88. The van der Waals surface area contributed by atoms with Gasteiger partial charge in [-0.1, -0.05) is 6.07 Å². The van der Waals surface area contributed by atoms with Gasteiger partial charge < -0.3 is 9.84 Å². The maximum Gasteiger partial charge on any atom is 0.324 e. The SMILES string of the molecule is O=C(O)C1COCCN1S(=O)(=O)c1cccc(F)c1F. The summed E-state index contributed by atoms with van der Waals surface area (Å²) in [6.45, 7) is -0.597. The first-order chi connectivity index (χ1) is 9.35. The van der Waals surface area contributed by atoms with Crippen LogP contribution >= 0.6 is 0 Å². The molecular formula is C11H11F2NO5S. The highest BCUT2D eigenvalue weighted by Gasteiger charge is 2.39. The molecule has 1 saturated heterocycles. The largest absolute Gasteiger partial charge is 0.480 e. The van der Waals surface area contributed by atoms with Crippen LogP contribution in [0, 0.1) is 11.6 Å². The van der Waals surface area contributed by atoms with Crippen LogP contribution in [0.25, 0.3) is 0 Å². The van der Waals surface area contributed by atoms with Crippen LogP contribution in [-0.2, 0) is 19.6 Å². The Labute approximate surface area is 113 Å². The normalized spacial score (nSPS) is 20.8. The summed E-state index contributed by atoms with van der Waals surface area (Å²) < 4.78 is 56.8. The number of ether oxygens (including phenoxy) is 1. The zero-order valence-corrected chi connectivity index (χ0v) is 10.9. The Morgan fingerprint density at radius 2 is 2.10 bits per heavy atom. The van der Waals surface area contributed by atoms with E-state index in [9.17, 15) is 22.0 Å². The quantitative estimate of drug-likeness (QED) is 0.876. The summed E-state index contributed by atoms with van der Waals surface area (Å²) in [5, 5.41) is 8.99. The molecular weight excluding hydrogens is 296 g/mol. The van der Waals surface area contributed by atoms with Gasteiger partial charge in [-0.3, -0.25) is 4.79 Å². The molecule has 1 N–H and O–H groups in total. The van der Waals surface area contributed by atoms with Gasteiger partial charge in [-0.25, -0.2) is 17.2 Å². The van der Waals surface area contributed by atoms with Gasteiger partial charge in [0.2, 0.25) is 10.0 Å². The highest BCUT2D eigenvalue weighted by atomic mass is 32.2. The molecule has 9 heteroatoms. The second-order valence-electron chi connectivity index (χ2n) is 4.10. The van der Waals surface area contributed by atoms with E-state index in [1.54, 1.807) is 0 Å². The average Bonchev–Trinajstić information content (AvgIpc) is 2.41. The van der Waals surface area contributed by atoms with Gasteiger partial charge in [0.15, 0.2) is 11.6 Å². The van der Waals surface area contributed by atoms with Crippen LogP contribution in [0.15, 0.2) is 23.1 Å². The number of nitrogens with zero attached hydrogens (tertiary/aromatic N) is 1. The van der Waals surface area contributed by atoms with E-state index in [1.807, 2.05) is 0 Å². The Hall–Kier alpha value is -1.58. The number of hydrogen-bond acceptors (Lipinski definition) is 4. The first-order valence-electron chi connectivity index (χ1n) is 5.62. The molecule has 0 amide bonds. The van der Waals surface area contributed by atoms with Crippen molar-refractivity contribution in [2.24, 2.45) is 0 Å². The lowest BCUT2D eigenvalue weighted by molar-refractivity contribution is -0.146. The van der Waals surface area contributed by atoms with Crippen LogP contribution in [0.3, 0.4) is 0 Å². The van der Waals surface area contributed by atoms with Crippen molar-refractivity contribution in [3.05, 3.63) is 29.8 Å². The molecule has 1 aliphatic heterocycles. The third-order valence-electron chi connectivity index (χ3n) is 2.87. The third-order valence-corrected chi connectivity index (χ3v) is 4.79. The highest BCUT2D eigenvalue weighted by Crippen LogP contribution is 2.24. The molecule has 1 aliphatic rings. The standard InChI is InChI=1S/C11H11F2NO5S/c12-7-2-1-3-9(10(7)13)20(17,18)14-4-5-19-6-8(14)11(15)16/h1-3,8H,4-6H2,(H,15,16). The molecule has 0 aromatic heterocycles. The fraction of sp³-hybridized carbons (Fsp3) is 0.364. The van der Waals surface area contributed by atoms with Crippen molar-refractivity contribution in [1.29, 1.82) is 0 Å².